The van der Waals surface area contributed by atoms with Gasteiger partial charge in [-0.2, -0.15) is 0 Å². The van der Waals surface area contributed by atoms with Crippen LogP contribution in [-0.2, 0) is 16.1 Å². The number of rotatable bonds is 6. The van der Waals surface area contributed by atoms with Gasteiger partial charge in [0.15, 0.2) is 0 Å². The maximum absolute atomic E-state index is 13.1. The third-order valence-corrected chi connectivity index (χ3v) is 6.06. The first kappa shape index (κ1) is 25.2. The Hall–Kier alpha value is -0.850. The number of nitrogens with two attached hydrogens (primary N) is 1. The van der Waals surface area contributed by atoms with E-state index in [1.807, 2.05) is 0 Å². The Bertz CT molecular complexity index is 574. The molecule has 5 nitrogen and oxygen atoms in total. The topological polar surface area (TPSA) is 58.8 Å². The van der Waals surface area contributed by atoms with Crippen LogP contribution in [0.3, 0.4) is 0 Å². The molecule has 0 bridgehead atoms. The summed E-state index contributed by atoms with van der Waals surface area (Å²) in [6.07, 6.45) is 3.70. The van der Waals surface area contributed by atoms with Crippen molar-refractivity contribution in [2.75, 3.05) is 46.4 Å². The van der Waals surface area contributed by atoms with Gasteiger partial charge < -0.3 is 20.3 Å². The number of ether oxygens (including phenoxy) is 1. The largest absolute Gasteiger partial charge is 0.381 e. The first-order valence-electron chi connectivity index (χ1n) is 9.93. The number of amides is 1. The minimum atomic E-state index is -0.380. The number of hydrogen-bond acceptors (Lipinski definition) is 4. The van der Waals surface area contributed by atoms with E-state index in [4.69, 9.17) is 10.5 Å². The molecule has 7 heteroatoms. The summed E-state index contributed by atoms with van der Waals surface area (Å²) < 4.78 is 5.44. The Labute approximate surface area is 181 Å². The Morgan fingerprint density at radius 1 is 1.18 bits per heavy atom. The molecule has 2 N–H and O–H groups in total. The Kier molecular flexibility index (Phi) is 10.8. The van der Waals surface area contributed by atoms with Crippen molar-refractivity contribution in [1.82, 2.24) is 9.80 Å². The van der Waals surface area contributed by atoms with E-state index in [1.165, 1.54) is 5.56 Å². The highest BCUT2D eigenvalue weighted by atomic mass is 35.5. The predicted molar refractivity (Wildman–Crippen MR) is 118 cm³/mol. The van der Waals surface area contributed by atoms with Crippen molar-refractivity contribution in [2.45, 2.75) is 32.2 Å². The number of benzene rings is 1. The smallest absolute Gasteiger partial charge is 0.230 e. The van der Waals surface area contributed by atoms with Crippen molar-refractivity contribution >= 4 is 30.7 Å². The molecule has 2 aliphatic heterocycles. The minimum Gasteiger partial charge on any atom is -0.381 e. The van der Waals surface area contributed by atoms with Crippen LogP contribution < -0.4 is 5.73 Å². The van der Waals surface area contributed by atoms with Crippen molar-refractivity contribution in [3.8, 4) is 0 Å². The average Bonchev–Trinajstić information content (AvgIpc) is 2.69. The number of likely N-dealkylation sites (tertiary alicyclic amines) is 1. The van der Waals surface area contributed by atoms with Crippen molar-refractivity contribution in [2.24, 2.45) is 17.1 Å². The number of carbonyl (C=O) groups is 1. The van der Waals surface area contributed by atoms with Gasteiger partial charge in [-0.05, 0) is 44.2 Å². The zero-order valence-electron chi connectivity index (χ0n) is 16.8. The molecule has 1 amide bonds. The van der Waals surface area contributed by atoms with Gasteiger partial charge in [0.1, 0.15) is 0 Å². The summed E-state index contributed by atoms with van der Waals surface area (Å²) >= 11 is 0. The molecule has 0 unspecified atom stereocenters. The van der Waals surface area contributed by atoms with Gasteiger partial charge >= 0.3 is 0 Å². The molecule has 28 heavy (non-hydrogen) atoms. The van der Waals surface area contributed by atoms with E-state index in [-0.39, 0.29) is 36.1 Å². The van der Waals surface area contributed by atoms with Crippen LogP contribution in [0, 0.1) is 11.3 Å². The maximum atomic E-state index is 13.1. The van der Waals surface area contributed by atoms with Gasteiger partial charge in [-0.25, -0.2) is 0 Å². The fraction of sp³-hybridized carbons (Fsp3) is 0.667. The van der Waals surface area contributed by atoms with Gasteiger partial charge in [-0.15, -0.1) is 24.8 Å². The van der Waals surface area contributed by atoms with Gasteiger partial charge in [-0.3, -0.25) is 4.79 Å². The molecule has 2 fully saturated rings. The molecule has 3 rings (SSSR count). The first-order valence-corrected chi connectivity index (χ1v) is 9.93. The second-order valence-corrected chi connectivity index (χ2v) is 8.01. The number of hydrogen-bond donors (Lipinski definition) is 1. The molecule has 0 atom stereocenters. The van der Waals surface area contributed by atoms with Crippen LogP contribution in [0.2, 0.25) is 0 Å². The third-order valence-electron chi connectivity index (χ3n) is 6.06. The summed E-state index contributed by atoms with van der Waals surface area (Å²) in [4.78, 5) is 17.5. The monoisotopic (exact) mass is 431 g/mol. The molecular weight excluding hydrogens is 397 g/mol. The van der Waals surface area contributed by atoms with E-state index in [9.17, 15) is 4.79 Å². The van der Waals surface area contributed by atoms with E-state index >= 15 is 0 Å². The zero-order valence-corrected chi connectivity index (χ0v) is 18.5. The van der Waals surface area contributed by atoms with E-state index in [1.54, 1.807) is 0 Å². The van der Waals surface area contributed by atoms with E-state index in [0.717, 1.165) is 51.9 Å². The summed E-state index contributed by atoms with van der Waals surface area (Å²) in [5.74, 6) is 0.927. The van der Waals surface area contributed by atoms with Gasteiger partial charge in [0.2, 0.25) is 5.91 Å². The molecule has 1 aromatic rings. The lowest BCUT2D eigenvalue weighted by molar-refractivity contribution is -0.148. The van der Waals surface area contributed by atoms with Crippen molar-refractivity contribution in [1.29, 1.82) is 0 Å². The summed E-state index contributed by atoms with van der Waals surface area (Å²) in [7, 11) is 2.19. The van der Waals surface area contributed by atoms with Gasteiger partial charge in [0.25, 0.3) is 0 Å². The molecule has 2 saturated heterocycles. The molecule has 1 aromatic carbocycles. The summed E-state index contributed by atoms with van der Waals surface area (Å²) in [5.41, 5.74) is 6.98. The molecule has 0 spiro atoms. The van der Waals surface area contributed by atoms with Crippen molar-refractivity contribution < 1.29 is 9.53 Å². The third kappa shape index (κ3) is 6.33. The second-order valence-electron chi connectivity index (χ2n) is 8.01. The fourth-order valence-corrected chi connectivity index (χ4v) is 4.32. The number of nitrogens with zero attached hydrogens (tertiary/aromatic N) is 2. The van der Waals surface area contributed by atoms with Gasteiger partial charge in [0, 0.05) is 45.9 Å². The van der Waals surface area contributed by atoms with E-state index < -0.39 is 0 Å². The maximum Gasteiger partial charge on any atom is 0.230 e. The first-order chi connectivity index (χ1) is 12.6. The lowest BCUT2D eigenvalue weighted by Gasteiger charge is -2.42. The van der Waals surface area contributed by atoms with Crippen LogP contribution in [-0.4, -0.2) is 62.1 Å². The number of carbonyl (C=O) groups excluding carboxylic acids is 1. The molecule has 2 aliphatic rings. The van der Waals surface area contributed by atoms with E-state index in [2.05, 4.69) is 47.2 Å². The van der Waals surface area contributed by atoms with Crippen LogP contribution in [0.4, 0.5) is 0 Å². The van der Waals surface area contributed by atoms with Crippen LogP contribution in [0.25, 0.3) is 0 Å². The molecule has 0 aliphatic carbocycles. The summed E-state index contributed by atoms with van der Waals surface area (Å²) in [5, 5.41) is 0. The fourth-order valence-electron chi connectivity index (χ4n) is 4.32. The molecule has 160 valence electrons. The van der Waals surface area contributed by atoms with Crippen molar-refractivity contribution in [3.63, 3.8) is 0 Å². The van der Waals surface area contributed by atoms with Crippen LogP contribution in [0.5, 0.6) is 0 Å². The highest BCUT2D eigenvalue weighted by Gasteiger charge is 2.42. The standard InChI is InChI=1S/C21H33N3O2.2ClH/c1-23(15-18-5-3-2-4-6-18)16-19-7-11-24(12-8-19)20(25)21(17-22)9-13-26-14-10-21;;/h2-6,19H,7-17,22H2,1H3;2*1H. The lowest BCUT2D eigenvalue weighted by atomic mass is 9.78. The molecule has 2 heterocycles. The predicted octanol–water partition coefficient (Wildman–Crippen LogP) is 2.96. The van der Waals surface area contributed by atoms with Gasteiger partial charge in [0.05, 0.1) is 5.41 Å². The van der Waals surface area contributed by atoms with E-state index in [0.29, 0.717) is 25.7 Å². The lowest BCUT2D eigenvalue weighted by Crippen LogP contribution is -2.53. The normalized spacial score (nSPS) is 19.6. The highest BCUT2D eigenvalue weighted by molar-refractivity contribution is 5.85. The Morgan fingerprint density at radius 2 is 1.79 bits per heavy atom. The van der Waals surface area contributed by atoms with Crippen LogP contribution in [0.1, 0.15) is 31.2 Å². The highest BCUT2D eigenvalue weighted by Crippen LogP contribution is 2.33. The molecule has 0 aromatic heterocycles. The summed E-state index contributed by atoms with van der Waals surface area (Å²) in [6.45, 7) is 5.56. The Balaban J connectivity index is 0.00000196. The SMILES string of the molecule is CN(Cc1ccccc1)CC1CCN(C(=O)C2(CN)CCOCC2)CC1.Cl.Cl. The average molecular weight is 432 g/mol. The van der Waals surface area contributed by atoms with Crippen LogP contribution in [0.15, 0.2) is 30.3 Å². The quantitative estimate of drug-likeness (QED) is 0.751. The number of halogens is 2. The Morgan fingerprint density at radius 3 is 2.36 bits per heavy atom. The van der Waals surface area contributed by atoms with Crippen molar-refractivity contribution in [3.05, 3.63) is 35.9 Å². The zero-order chi connectivity index (χ0) is 18.4. The molecule has 0 saturated carbocycles. The van der Waals surface area contributed by atoms with Gasteiger partial charge in [-0.1, -0.05) is 30.3 Å². The van der Waals surface area contributed by atoms with Crippen LogP contribution >= 0.6 is 24.8 Å². The minimum absolute atomic E-state index is 0. The number of piperidine rings is 1. The summed E-state index contributed by atoms with van der Waals surface area (Å²) in [6, 6.07) is 10.6. The molecule has 0 radical (unpaired) electrons. The molecular formula is C21H35Cl2N3O2. The second kappa shape index (κ2) is 12.0.